The van der Waals surface area contributed by atoms with E-state index in [2.05, 4.69) is 10.6 Å². The first-order chi connectivity index (χ1) is 15.4. The van der Waals surface area contributed by atoms with Crippen LogP contribution in [0.15, 0.2) is 41.3 Å². The van der Waals surface area contributed by atoms with Crippen LogP contribution in [-0.2, 0) is 16.1 Å². The molecule has 1 aliphatic heterocycles. The highest BCUT2D eigenvalue weighted by molar-refractivity contribution is 7.99. The van der Waals surface area contributed by atoms with Gasteiger partial charge >= 0.3 is 6.03 Å². The Morgan fingerprint density at radius 1 is 1.28 bits per heavy atom. The molecule has 0 aliphatic carbocycles. The average Bonchev–Trinajstić information content (AvgIpc) is 3.12. The standard InChI is InChI=1S/C23H24ClN3O4S/c1-15-7-8-16(12-20(15)24)26-23(31)25-9-11-32-21-6-2-5-18-19(21)13-27(22(18)30)17(14-29)4-3-10-28/h2,5-8,10,12,14,17H,3-4,9,11,13H2,1H3,(H2,25,26,31). The molecule has 2 aromatic carbocycles. The van der Waals surface area contributed by atoms with Crippen LogP contribution < -0.4 is 10.6 Å². The van der Waals surface area contributed by atoms with Crippen LogP contribution in [0.1, 0.15) is 34.3 Å². The lowest BCUT2D eigenvalue weighted by atomic mass is 10.1. The maximum atomic E-state index is 12.7. The molecule has 0 spiro atoms. The second-order valence-corrected chi connectivity index (χ2v) is 8.90. The molecule has 1 heterocycles. The lowest BCUT2D eigenvalue weighted by Crippen LogP contribution is -2.36. The van der Waals surface area contributed by atoms with Gasteiger partial charge in [0.05, 0.1) is 6.04 Å². The van der Waals surface area contributed by atoms with Crippen molar-refractivity contribution in [3.63, 3.8) is 0 Å². The summed E-state index contributed by atoms with van der Waals surface area (Å²) < 4.78 is 0. The van der Waals surface area contributed by atoms with E-state index in [4.69, 9.17) is 11.6 Å². The number of hydrogen-bond acceptors (Lipinski definition) is 5. The quantitative estimate of drug-likeness (QED) is 0.308. The molecule has 2 aromatic rings. The fourth-order valence-corrected chi connectivity index (χ4v) is 4.56. The van der Waals surface area contributed by atoms with Gasteiger partial charge in [-0.25, -0.2) is 4.79 Å². The summed E-state index contributed by atoms with van der Waals surface area (Å²) in [5.74, 6) is 0.411. The number of anilines is 1. The Morgan fingerprint density at radius 3 is 2.81 bits per heavy atom. The highest BCUT2D eigenvalue weighted by Gasteiger charge is 2.33. The van der Waals surface area contributed by atoms with Crippen molar-refractivity contribution in [1.82, 2.24) is 10.2 Å². The molecule has 0 radical (unpaired) electrons. The molecule has 3 rings (SSSR count). The molecule has 9 heteroatoms. The summed E-state index contributed by atoms with van der Waals surface area (Å²) in [4.78, 5) is 49.4. The van der Waals surface area contributed by atoms with Gasteiger partial charge in [0.25, 0.3) is 5.91 Å². The molecule has 0 aromatic heterocycles. The smallest absolute Gasteiger partial charge is 0.319 e. The highest BCUT2D eigenvalue weighted by atomic mass is 35.5. The minimum Gasteiger partial charge on any atom is -0.337 e. The second kappa shape index (κ2) is 11.2. The molecule has 0 saturated heterocycles. The Morgan fingerprint density at radius 2 is 2.09 bits per heavy atom. The molecule has 168 valence electrons. The van der Waals surface area contributed by atoms with Crippen molar-refractivity contribution >= 4 is 53.6 Å². The minimum absolute atomic E-state index is 0.195. The third-order valence-electron chi connectivity index (χ3n) is 5.17. The first-order valence-electron chi connectivity index (χ1n) is 10.2. The number of fused-ring (bicyclic) bond motifs is 1. The molecule has 32 heavy (non-hydrogen) atoms. The normalized spacial score (nSPS) is 13.4. The molecular formula is C23H24ClN3O4S. The van der Waals surface area contributed by atoms with Crippen molar-refractivity contribution in [2.45, 2.75) is 37.2 Å². The number of nitrogens with zero attached hydrogens (tertiary/aromatic N) is 1. The Bertz CT molecular complexity index is 1030. The van der Waals surface area contributed by atoms with Crippen LogP contribution in [0.3, 0.4) is 0 Å². The van der Waals surface area contributed by atoms with Gasteiger partial charge in [-0.05, 0) is 48.7 Å². The van der Waals surface area contributed by atoms with E-state index in [0.29, 0.717) is 41.5 Å². The van der Waals surface area contributed by atoms with E-state index in [1.165, 1.54) is 16.7 Å². The number of carbonyl (C=O) groups is 4. The monoisotopic (exact) mass is 473 g/mol. The van der Waals surface area contributed by atoms with E-state index >= 15 is 0 Å². The Kier molecular flexibility index (Phi) is 8.30. The number of nitrogens with one attached hydrogen (secondary N) is 2. The molecule has 7 nitrogen and oxygen atoms in total. The molecular weight excluding hydrogens is 450 g/mol. The van der Waals surface area contributed by atoms with Gasteiger partial charge in [0.2, 0.25) is 0 Å². The number of rotatable bonds is 10. The first kappa shape index (κ1) is 23.8. The number of hydrogen-bond donors (Lipinski definition) is 2. The second-order valence-electron chi connectivity index (χ2n) is 7.36. The third kappa shape index (κ3) is 5.69. The van der Waals surface area contributed by atoms with Gasteiger partial charge in [0.1, 0.15) is 12.6 Å². The van der Waals surface area contributed by atoms with Crippen LogP contribution >= 0.6 is 23.4 Å². The number of amides is 3. The zero-order chi connectivity index (χ0) is 23.1. The third-order valence-corrected chi connectivity index (χ3v) is 6.67. The zero-order valence-corrected chi connectivity index (χ0v) is 19.2. The highest BCUT2D eigenvalue weighted by Crippen LogP contribution is 2.33. The Balaban J connectivity index is 1.53. The van der Waals surface area contributed by atoms with E-state index < -0.39 is 6.04 Å². The summed E-state index contributed by atoms with van der Waals surface area (Å²) in [5.41, 5.74) is 3.00. The van der Waals surface area contributed by atoms with Gasteiger partial charge in [-0.15, -0.1) is 11.8 Å². The number of aryl methyl sites for hydroxylation is 1. The van der Waals surface area contributed by atoms with Crippen LogP contribution in [0, 0.1) is 6.92 Å². The summed E-state index contributed by atoms with van der Waals surface area (Å²) in [6, 6.07) is 9.87. The van der Waals surface area contributed by atoms with Crippen molar-refractivity contribution in [3.05, 3.63) is 58.1 Å². The number of carbonyl (C=O) groups excluding carboxylic acids is 4. The molecule has 1 unspecified atom stereocenters. The fraction of sp³-hybridized carbons (Fsp3) is 0.304. The number of benzene rings is 2. The number of halogens is 1. The maximum absolute atomic E-state index is 12.7. The lowest BCUT2D eigenvalue weighted by Gasteiger charge is -2.22. The predicted octanol–water partition coefficient (Wildman–Crippen LogP) is 4.06. The van der Waals surface area contributed by atoms with Gasteiger partial charge in [0.15, 0.2) is 0 Å². The fourth-order valence-electron chi connectivity index (χ4n) is 3.44. The van der Waals surface area contributed by atoms with Crippen molar-refractivity contribution < 1.29 is 19.2 Å². The summed E-state index contributed by atoms with van der Waals surface area (Å²) in [5, 5.41) is 6.13. The molecule has 0 saturated carbocycles. The van der Waals surface area contributed by atoms with Crippen LogP contribution in [0.5, 0.6) is 0 Å². The summed E-state index contributed by atoms with van der Waals surface area (Å²) in [7, 11) is 0. The molecule has 2 N–H and O–H groups in total. The topological polar surface area (TPSA) is 95.6 Å². The summed E-state index contributed by atoms with van der Waals surface area (Å²) >= 11 is 7.61. The molecule has 3 amide bonds. The van der Waals surface area contributed by atoms with E-state index in [0.717, 1.165) is 28.6 Å². The zero-order valence-electron chi connectivity index (χ0n) is 17.6. The van der Waals surface area contributed by atoms with Gasteiger partial charge < -0.3 is 25.1 Å². The van der Waals surface area contributed by atoms with Gasteiger partial charge in [-0.3, -0.25) is 4.79 Å². The van der Waals surface area contributed by atoms with Crippen LogP contribution in [0.25, 0.3) is 0 Å². The molecule has 1 atom stereocenters. The number of urea groups is 1. The first-order valence-corrected chi connectivity index (χ1v) is 11.6. The van der Waals surface area contributed by atoms with Crippen LogP contribution in [0.2, 0.25) is 5.02 Å². The van der Waals surface area contributed by atoms with E-state index in [1.54, 1.807) is 18.2 Å². The van der Waals surface area contributed by atoms with Crippen molar-refractivity contribution in [3.8, 4) is 0 Å². The summed E-state index contributed by atoms with van der Waals surface area (Å²) in [6.45, 7) is 2.65. The largest absolute Gasteiger partial charge is 0.337 e. The van der Waals surface area contributed by atoms with E-state index in [-0.39, 0.29) is 18.4 Å². The Labute approximate surface area is 195 Å². The average molecular weight is 474 g/mol. The van der Waals surface area contributed by atoms with Crippen LogP contribution in [0.4, 0.5) is 10.5 Å². The molecule has 0 bridgehead atoms. The number of aldehydes is 2. The Hall–Kier alpha value is -2.84. The van der Waals surface area contributed by atoms with Crippen molar-refractivity contribution in [1.29, 1.82) is 0 Å². The van der Waals surface area contributed by atoms with Crippen LogP contribution in [-0.4, -0.2) is 47.7 Å². The predicted molar refractivity (Wildman–Crippen MR) is 125 cm³/mol. The van der Waals surface area contributed by atoms with Gasteiger partial charge in [-0.1, -0.05) is 23.7 Å². The maximum Gasteiger partial charge on any atom is 0.319 e. The lowest BCUT2D eigenvalue weighted by molar-refractivity contribution is -0.112. The minimum atomic E-state index is -0.612. The molecule has 0 fully saturated rings. The molecule has 1 aliphatic rings. The SMILES string of the molecule is Cc1ccc(NC(=O)NCCSc2cccc3c2CN(C(C=O)CCC=O)C3=O)cc1Cl. The van der Waals surface area contributed by atoms with E-state index in [1.807, 2.05) is 25.1 Å². The van der Waals surface area contributed by atoms with Gasteiger partial charge in [-0.2, -0.15) is 0 Å². The number of thioether (sulfide) groups is 1. The van der Waals surface area contributed by atoms with Crippen molar-refractivity contribution in [2.75, 3.05) is 17.6 Å². The van der Waals surface area contributed by atoms with Crippen molar-refractivity contribution in [2.24, 2.45) is 0 Å². The van der Waals surface area contributed by atoms with Gasteiger partial charge in [0, 0.05) is 46.4 Å². The van der Waals surface area contributed by atoms with E-state index in [9.17, 15) is 19.2 Å². The summed E-state index contributed by atoms with van der Waals surface area (Å²) in [6.07, 6.45) is 2.03.